The van der Waals surface area contributed by atoms with Gasteiger partial charge < -0.3 is 15.0 Å². The summed E-state index contributed by atoms with van der Waals surface area (Å²) in [7, 11) is 0. The Bertz CT molecular complexity index is 712. The van der Waals surface area contributed by atoms with Crippen LogP contribution in [0.5, 0.6) is 11.5 Å². The first-order chi connectivity index (χ1) is 12.5. The van der Waals surface area contributed by atoms with Gasteiger partial charge in [-0.25, -0.2) is 0 Å². The topological polar surface area (TPSA) is 58.6 Å². The first-order valence-corrected chi connectivity index (χ1v) is 8.83. The molecule has 138 valence electrons. The maximum Gasteiger partial charge on any atom is 0.223 e. The van der Waals surface area contributed by atoms with E-state index in [9.17, 15) is 9.59 Å². The number of benzene rings is 2. The number of hydrogen-bond donors (Lipinski definition) is 1. The van der Waals surface area contributed by atoms with Crippen LogP contribution >= 0.6 is 0 Å². The molecule has 5 nitrogen and oxygen atoms in total. The van der Waals surface area contributed by atoms with E-state index in [0.717, 1.165) is 11.4 Å². The van der Waals surface area contributed by atoms with Crippen LogP contribution in [-0.2, 0) is 9.59 Å². The molecular weight excluding hydrogens is 328 g/mol. The summed E-state index contributed by atoms with van der Waals surface area (Å²) < 4.78 is 5.76. The highest BCUT2D eigenvalue weighted by atomic mass is 16.5. The summed E-state index contributed by atoms with van der Waals surface area (Å²) in [5, 5.41) is 2.86. The van der Waals surface area contributed by atoms with Gasteiger partial charge in [-0.15, -0.1) is 0 Å². The highest BCUT2D eigenvalue weighted by molar-refractivity contribution is 5.91. The fourth-order valence-electron chi connectivity index (χ4n) is 2.54. The molecule has 26 heavy (non-hydrogen) atoms. The van der Waals surface area contributed by atoms with Crippen molar-refractivity contribution in [1.29, 1.82) is 0 Å². The van der Waals surface area contributed by atoms with Gasteiger partial charge in [0.05, 0.1) is 0 Å². The molecular formula is C21H26N2O3. The van der Waals surface area contributed by atoms with Crippen LogP contribution in [0, 0.1) is 5.92 Å². The molecule has 2 rings (SSSR count). The maximum absolute atomic E-state index is 12.0. The second-order valence-corrected chi connectivity index (χ2v) is 6.53. The largest absolute Gasteiger partial charge is 0.457 e. The van der Waals surface area contributed by atoms with E-state index in [1.807, 2.05) is 68.4 Å². The van der Waals surface area contributed by atoms with Crippen molar-refractivity contribution in [2.24, 2.45) is 5.92 Å². The number of nitrogens with zero attached hydrogens (tertiary/aromatic N) is 1. The third-order valence-electron chi connectivity index (χ3n) is 3.76. The van der Waals surface area contributed by atoms with E-state index in [4.69, 9.17) is 4.74 Å². The van der Waals surface area contributed by atoms with Gasteiger partial charge >= 0.3 is 0 Å². The lowest BCUT2D eigenvalue weighted by atomic mass is 10.1. The summed E-state index contributed by atoms with van der Waals surface area (Å²) in [5.41, 5.74) is 0.774. The van der Waals surface area contributed by atoms with Crippen molar-refractivity contribution in [3.8, 4) is 11.5 Å². The number of para-hydroxylation sites is 1. The van der Waals surface area contributed by atoms with Crippen LogP contribution in [-0.4, -0.2) is 24.9 Å². The zero-order valence-electron chi connectivity index (χ0n) is 15.6. The van der Waals surface area contributed by atoms with Gasteiger partial charge in [-0.2, -0.15) is 0 Å². The van der Waals surface area contributed by atoms with E-state index in [1.165, 1.54) is 6.92 Å². The van der Waals surface area contributed by atoms with Crippen LogP contribution in [0.2, 0.25) is 0 Å². The Hall–Kier alpha value is -2.82. The number of ether oxygens (including phenoxy) is 1. The molecule has 0 heterocycles. The normalized spacial score (nSPS) is 10.5. The van der Waals surface area contributed by atoms with Crippen molar-refractivity contribution in [2.75, 3.05) is 18.0 Å². The van der Waals surface area contributed by atoms with E-state index in [2.05, 4.69) is 5.32 Å². The van der Waals surface area contributed by atoms with Gasteiger partial charge in [0.15, 0.2) is 0 Å². The number of anilines is 1. The second kappa shape index (κ2) is 9.61. The molecule has 0 spiro atoms. The van der Waals surface area contributed by atoms with Gasteiger partial charge in [0.2, 0.25) is 11.8 Å². The fourth-order valence-corrected chi connectivity index (χ4v) is 2.54. The summed E-state index contributed by atoms with van der Waals surface area (Å²) >= 11 is 0. The molecule has 0 aromatic heterocycles. The summed E-state index contributed by atoms with van der Waals surface area (Å²) in [6, 6.07) is 16.9. The highest BCUT2D eigenvalue weighted by Crippen LogP contribution is 2.24. The Balaban J connectivity index is 1.94. The van der Waals surface area contributed by atoms with E-state index in [1.54, 1.807) is 4.90 Å². The van der Waals surface area contributed by atoms with Crippen molar-refractivity contribution in [3.05, 3.63) is 54.6 Å². The molecule has 0 bridgehead atoms. The molecule has 0 aliphatic carbocycles. The van der Waals surface area contributed by atoms with Crippen molar-refractivity contribution < 1.29 is 14.3 Å². The minimum atomic E-state index is -0.0696. The number of carbonyl (C=O) groups is 2. The van der Waals surface area contributed by atoms with Gasteiger partial charge in [-0.1, -0.05) is 32.0 Å². The molecule has 0 saturated heterocycles. The molecule has 0 saturated carbocycles. The van der Waals surface area contributed by atoms with Crippen molar-refractivity contribution in [1.82, 2.24) is 5.32 Å². The van der Waals surface area contributed by atoms with Crippen LogP contribution in [0.1, 0.15) is 27.2 Å². The van der Waals surface area contributed by atoms with Crippen LogP contribution in [0.25, 0.3) is 0 Å². The number of carbonyl (C=O) groups excluding carboxylic acids is 2. The van der Waals surface area contributed by atoms with E-state index in [-0.39, 0.29) is 11.8 Å². The molecule has 2 aromatic rings. The Kier molecular flexibility index (Phi) is 7.21. The lowest BCUT2D eigenvalue weighted by Gasteiger charge is -2.22. The summed E-state index contributed by atoms with van der Waals surface area (Å²) in [5.74, 6) is 1.72. The van der Waals surface area contributed by atoms with Gasteiger partial charge in [-0.3, -0.25) is 9.59 Å². The smallest absolute Gasteiger partial charge is 0.223 e. The van der Waals surface area contributed by atoms with Crippen molar-refractivity contribution in [3.63, 3.8) is 0 Å². The second-order valence-electron chi connectivity index (χ2n) is 6.53. The molecule has 2 aromatic carbocycles. The minimum Gasteiger partial charge on any atom is -0.457 e. The number of rotatable bonds is 8. The van der Waals surface area contributed by atoms with Gasteiger partial charge in [0.25, 0.3) is 0 Å². The summed E-state index contributed by atoms with van der Waals surface area (Å²) in [4.78, 5) is 25.3. The van der Waals surface area contributed by atoms with E-state index >= 15 is 0 Å². The monoisotopic (exact) mass is 354 g/mol. The van der Waals surface area contributed by atoms with Gasteiger partial charge in [0.1, 0.15) is 11.5 Å². The van der Waals surface area contributed by atoms with Gasteiger partial charge in [0, 0.05) is 32.1 Å². The summed E-state index contributed by atoms with van der Waals surface area (Å²) in [6.45, 7) is 6.37. The van der Waals surface area contributed by atoms with Crippen LogP contribution < -0.4 is 15.0 Å². The van der Waals surface area contributed by atoms with Crippen molar-refractivity contribution >= 4 is 17.5 Å². The molecule has 0 fully saturated rings. The Morgan fingerprint density at radius 1 is 1.00 bits per heavy atom. The molecule has 0 unspecified atom stereocenters. The first-order valence-electron chi connectivity index (χ1n) is 8.83. The number of nitrogens with one attached hydrogen (secondary N) is 1. The molecule has 1 N–H and O–H groups in total. The molecule has 2 amide bonds. The molecule has 0 radical (unpaired) electrons. The lowest BCUT2D eigenvalue weighted by molar-refractivity contribution is -0.122. The third-order valence-corrected chi connectivity index (χ3v) is 3.76. The molecule has 5 heteroatoms. The SMILES string of the molecule is CC(=O)N(CCNC(=O)CC(C)C)c1ccc(Oc2ccccc2)cc1. The maximum atomic E-state index is 12.0. The number of amides is 2. The van der Waals surface area contributed by atoms with Crippen molar-refractivity contribution in [2.45, 2.75) is 27.2 Å². The lowest BCUT2D eigenvalue weighted by Crippen LogP contribution is -2.37. The minimum absolute atomic E-state index is 0.00936. The number of hydrogen-bond acceptors (Lipinski definition) is 3. The predicted octanol–water partition coefficient (Wildman–Crippen LogP) is 3.99. The first kappa shape index (κ1) is 19.5. The van der Waals surface area contributed by atoms with Gasteiger partial charge in [-0.05, 0) is 42.3 Å². The van der Waals surface area contributed by atoms with E-state index in [0.29, 0.717) is 31.2 Å². The van der Waals surface area contributed by atoms with Crippen LogP contribution in [0.4, 0.5) is 5.69 Å². The average Bonchev–Trinajstić information content (AvgIpc) is 2.60. The molecule has 0 aliphatic rings. The van der Waals surface area contributed by atoms with Crippen LogP contribution in [0.15, 0.2) is 54.6 Å². The Morgan fingerprint density at radius 3 is 2.19 bits per heavy atom. The standard InChI is InChI=1S/C21H26N2O3/c1-16(2)15-21(25)22-13-14-23(17(3)24)18-9-11-20(12-10-18)26-19-7-5-4-6-8-19/h4-12,16H,13-15H2,1-3H3,(H,22,25). The zero-order chi connectivity index (χ0) is 18.9. The van der Waals surface area contributed by atoms with E-state index < -0.39 is 0 Å². The third kappa shape index (κ3) is 6.24. The molecule has 0 atom stereocenters. The zero-order valence-corrected chi connectivity index (χ0v) is 15.6. The Morgan fingerprint density at radius 2 is 1.62 bits per heavy atom. The highest BCUT2D eigenvalue weighted by Gasteiger charge is 2.12. The Labute approximate surface area is 155 Å². The summed E-state index contributed by atoms with van der Waals surface area (Å²) in [6.07, 6.45) is 0.492. The average molecular weight is 354 g/mol. The predicted molar refractivity (Wildman–Crippen MR) is 103 cm³/mol. The fraction of sp³-hybridized carbons (Fsp3) is 0.333. The van der Waals surface area contributed by atoms with Crippen LogP contribution in [0.3, 0.4) is 0 Å². The quantitative estimate of drug-likeness (QED) is 0.780. The molecule has 0 aliphatic heterocycles.